The first-order valence-corrected chi connectivity index (χ1v) is 5.76. The molecule has 0 spiro atoms. The van der Waals surface area contributed by atoms with E-state index in [1.54, 1.807) is 0 Å². The monoisotopic (exact) mass is 204 g/mol. The molecule has 82 valence electrons. The van der Waals surface area contributed by atoms with Crippen LogP contribution in [0.3, 0.4) is 0 Å². The fraction of sp³-hybridized carbons (Fsp3) is 0.538. The Morgan fingerprint density at radius 2 is 2.13 bits per heavy atom. The van der Waals surface area contributed by atoms with E-state index in [-0.39, 0.29) is 0 Å². The van der Waals surface area contributed by atoms with Crippen molar-refractivity contribution in [2.45, 2.75) is 25.8 Å². The number of nitrogens with one attached hydrogen (secondary N) is 1. The zero-order valence-electron chi connectivity index (χ0n) is 9.66. The van der Waals surface area contributed by atoms with Crippen LogP contribution in [0.4, 0.5) is 5.69 Å². The minimum atomic E-state index is 0.616. The molecule has 1 atom stereocenters. The second kappa shape index (κ2) is 4.67. The van der Waals surface area contributed by atoms with E-state index in [1.807, 2.05) is 0 Å². The first kappa shape index (κ1) is 10.5. The average Bonchev–Trinajstić information content (AvgIpc) is 2.22. The molecule has 1 unspecified atom stereocenters. The molecular weight excluding hydrogens is 184 g/mol. The standard InChI is InChI=1S/C13H20N2/c1-11-6-3-4-8-13(11)14-12-7-5-9-15(2)10-12/h3-4,6,8,12,14H,5,7,9-10H2,1-2H3. The van der Waals surface area contributed by atoms with E-state index in [1.165, 1.54) is 30.6 Å². The molecule has 0 radical (unpaired) electrons. The van der Waals surface area contributed by atoms with Crippen LogP contribution in [-0.2, 0) is 0 Å². The molecular formula is C13H20N2. The van der Waals surface area contributed by atoms with Crippen molar-refractivity contribution in [3.63, 3.8) is 0 Å². The van der Waals surface area contributed by atoms with Gasteiger partial charge in [-0.15, -0.1) is 0 Å². The minimum Gasteiger partial charge on any atom is -0.381 e. The van der Waals surface area contributed by atoms with Gasteiger partial charge >= 0.3 is 0 Å². The number of aryl methyl sites for hydroxylation is 1. The summed E-state index contributed by atoms with van der Waals surface area (Å²) in [6.45, 7) is 4.56. The number of rotatable bonds is 2. The van der Waals surface area contributed by atoms with Crippen molar-refractivity contribution in [2.75, 3.05) is 25.5 Å². The zero-order chi connectivity index (χ0) is 10.7. The molecule has 0 aromatic heterocycles. The van der Waals surface area contributed by atoms with Crippen LogP contribution in [0.5, 0.6) is 0 Å². The number of para-hydroxylation sites is 1. The third kappa shape index (κ3) is 2.72. The minimum absolute atomic E-state index is 0.616. The number of hydrogen-bond donors (Lipinski definition) is 1. The molecule has 1 aromatic carbocycles. The topological polar surface area (TPSA) is 15.3 Å². The Hall–Kier alpha value is -1.02. The number of likely N-dealkylation sites (N-methyl/N-ethyl adjacent to an activating group) is 1. The molecule has 2 nitrogen and oxygen atoms in total. The van der Waals surface area contributed by atoms with Crippen LogP contribution in [0.1, 0.15) is 18.4 Å². The Kier molecular flexibility index (Phi) is 3.27. The number of benzene rings is 1. The zero-order valence-corrected chi connectivity index (χ0v) is 9.66. The van der Waals surface area contributed by atoms with Crippen molar-refractivity contribution in [2.24, 2.45) is 0 Å². The van der Waals surface area contributed by atoms with E-state index in [9.17, 15) is 0 Å². The van der Waals surface area contributed by atoms with Gasteiger partial charge in [-0.05, 0) is 45.0 Å². The average molecular weight is 204 g/mol. The highest BCUT2D eigenvalue weighted by Gasteiger charge is 2.16. The van der Waals surface area contributed by atoms with Crippen molar-refractivity contribution in [1.29, 1.82) is 0 Å². The van der Waals surface area contributed by atoms with Gasteiger partial charge in [-0.1, -0.05) is 18.2 Å². The fourth-order valence-corrected chi connectivity index (χ4v) is 2.24. The maximum Gasteiger partial charge on any atom is 0.0388 e. The van der Waals surface area contributed by atoms with E-state index >= 15 is 0 Å². The Balaban J connectivity index is 1.99. The Morgan fingerprint density at radius 3 is 2.87 bits per heavy atom. The molecule has 0 bridgehead atoms. The van der Waals surface area contributed by atoms with Crippen molar-refractivity contribution < 1.29 is 0 Å². The third-order valence-corrected chi connectivity index (χ3v) is 3.13. The second-order valence-corrected chi connectivity index (χ2v) is 4.56. The largest absolute Gasteiger partial charge is 0.381 e. The quantitative estimate of drug-likeness (QED) is 0.796. The molecule has 1 aromatic rings. The number of anilines is 1. The molecule has 1 fully saturated rings. The highest BCUT2D eigenvalue weighted by Crippen LogP contribution is 2.18. The van der Waals surface area contributed by atoms with Gasteiger partial charge in [0.05, 0.1) is 0 Å². The van der Waals surface area contributed by atoms with Crippen LogP contribution >= 0.6 is 0 Å². The van der Waals surface area contributed by atoms with Gasteiger partial charge in [0, 0.05) is 18.3 Å². The normalized spacial score (nSPS) is 22.7. The van der Waals surface area contributed by atoms with Gasteiger partial charge in [-0.3, -0.25) is 0 Å². The maximum absolute atomic E-state index is 3.64. The molecule has 0 amide bonds. The van der Waals surface area contributed by atoms with Crippen molar-refractivity contribution >= 4 is 5.69 Å². The van der Waals surface area contributed by atoms with E-state index in [0.29, 0.717) is 6.04 Å². The molecule has 1 saturated heterocycles. The summed E-state index contributed by atoms with van der Waals surface area (Å²) in [6.07, 6.45) is 2.60. The Bertz CT molecular complexity index is 322. The summed E-state index contributed by atoms with van der Waals surface area (Å²) in [5.74, 6) is 0. The van der Waals surface area contributed by atoms with Gasteiger partial charge in [0.25, 0.3) is 0 Å². The summed E-state index contributed by atoms with van der Waals surface area (Å²) in [6, 6.07) is 9.14. The van der Waals surface area contributed by atoms with Crippen molar-refractivity contribution in [1.82, 2.24) is 4.90 Å². The molecule has 15 heavy (non-hydrogen) atoms. The predicted molar refractivity (Wildman–Crippen MR) is 65.3 cm³/mol. The number of nitrogens with zero attached hydrogens (tertiary/aromatic N) is 1. The highest BCUT2D eigenvalue weighted by atomic mass is 15.1. The van der Waals surface area contributed by atoms with Gasteiger partial charge in [0.2, 0.25) is 0 Å². The van der Waals surface area contributed by atoms with Crippen molar-refractivity contribution in [3.8, 4) is 0 Å². The molecule has 1 N–H and O–H groups in total. The van der Waals surface area contributed by atoms with E-state index in [0.717, 1.165) is 6.54 Å². The molecule has 1 aliphatic heterocycles. The van der Waals surface area contributed by atoms with E-state index in [4.69, 9.17) is 0 Å². The first-order chi connectivity index (χ1) is 7.25. The summed E-state index contributed by atoms with van der Waals surface area (Å²) in [5.41, 5.74) is 2.63. The van der Waals surface area contributed by atoms with Gasteiger partial charge in [0.15, 0.2) is 0 Å². The van der Waals surface area contributed by atoms with Crippen molar-refractivity contribution in [3.05, 3.63) is 29.8 Å². The lowest BCUT2D eigenvalue weighted by molar-refractivity contribution is 0.261. The van der Waals surface area contributed by atoms with Crippen LogP contribution in [0, 0.1) is 6.92 Å². The number of piperidine rings is 1. The molecule has 2 heteroatoms. The molecule has 1 heterocycles. The van der Waals surface area contributed by atoms with Crippen LogP contribution < -0.4 is 5.32 Å². The van der Waals surface area contributed by atoms with Gasteiger partial charge in [-0.25, -0.2) is 0 Å². The SMILES string of the molecule is Cc1ccccc1NC1CCCN(C)C1. The molecule has 0 saturated carbocycles. The molecule has 1 aliphatic rings. The first-order valence-electron chi connectivity index (χ1n) is 5.76. The summed E-state index contributed by atoms with van der Waals surface area (Å²) in [7, 11) is 2.20. The van der Waals surface area contributed by atoms with Crippen LogP contribution in [0.25, 0.3) is 0 Å². The summed E-state index contributed by atoms with van der Waals surface area (Å²) in [5, 5.41) is 3.64. The lowest BCUT2D eigenvalue weighted by Crippen LogP contribution is -2.39. The maximum atomic E-state index is 3.64. The number of likely N-dealkylation sites (tertiary alicyclic amines) is 1. The lowest BCUT2D eigenvalue weighted by Gasteiger charge is -2.31. The lowest BCUT2D eigenvalue weighted by atomic mass is 10.1. The van der Waals surface area contributed by atoms with Crippen LogP contribution in [0.15, 0.2) is 24.3 Å². The highest BCUT2D eigenvalue weighted by molar-refractivity contribution is 5.51. The molecule has 0 aliphatic carbocycles. The Labute approximate surface area is 92.3 Å². The third-order valence-electron chi connectivity index (χ3n) is 3.13. The summed E-state index contributed by atoms with van der Waals surface area (Å²) >= 11 is 0. The van der Waals surface area contributed by atoms with E-state index < -0.39 is 0 Å². The van der Waals surface area contributed by atoms with Crippen LogP contribution in [0.2, 0.25) is 0 Å². The van der Waals surface area contributed by atoms with Gasteiger partial charge < -0.3 is 10.2 Å². The smallest absolute Gasteiger partial charge is 0.0388 e. The van der Waals surface area contributed by atoms with Gasteiger partial charge in [-0.2, -0.15) is 0 Å². The predicted octanol–water partition coefficient (Wildman–Crippen LogP) is 2.50. The molecule has 2 rings (SSSR count). The second-order valence-electron chi connectivity index (χ2n) is 4.56. The summed E-state index contributed by atoms with van der Waals surface area (Å²) in [4.78, 5) is 2.40. The van der Waals surface area contributed by atoms with Gasteiger partial charge in [0.1, 0.15) is 0 Å². The number of hydrogen-bond acceptors (Lipinski definition) is 2. The fourth-order valence-electron chi connectivity index (χ4n) is 2.24. The Morgan fingerprint density at radius 1 is 1.33 bits per heavy atom. The summed E-state index contributed by atoms with van der Waals surface area (Å²) < 4.78 is 0. The van der Waals surface area contributed by atoms with Crippen LogP contribution in [-0.4, -0.2) is 31.1 Å². The van der Waals surface area contributed by atoms with E-state index in [2.05, 4.69) is 48.5 Å².